The van der Waals surface area contributed by atoms with Crippen molar-refractivity contribution in [1.29, 1.82) is 0 Å². The van der Waals surface area contributed by atoms with Crippen molar-refractivity contribution in [2.24, 2.45) is 5.92 Å². The van der Waals surface area contributed by atoms with Crippen LogP contribution in [0.4, 0.5) is 0 Å². The number of likely N-dealkylation sites (tertiary alicyclic amines) is 1. The smallest absolute Gasteiger partial charge is 0.308 e. The van der Waals surface area contributed by atoms with Crippen LogP contribution >= 0.6 is 0 Å². The lowest BCUT2D eigenvalue weighted by atomic mass is 9.89. The Bertz CT molecular complexity index is 999. The zero-order chi connectivity index (χ0) is 19.5. The molecular weight excluding hydrogens is 350 g/mol. The Labute approximate surface area is 164 Å². The first-order valence-corrected chi connectivity index (χ1v) is 9.65. The van der Waals surface area contributed by atoms with E-state index in [0.717, 1.165) is 11.1 Å². The number of hydrogen-bond donors (Lipinski definition) is 1. The largest absolute Gasteiger partial charge is 0.481 e. The van der Waals surface area contributed by atoms with E-state index in [1.807, 2.05) is 42.5 Å². The van der Waals surface area contributed by atoms with E-state index in [1.54, 1.807) is 4.90 Å². The number of fused-ring (bicyclic) bond motifs is 1. The van der Waals surface area contributed by atoms with E-state index in [0.29, 0.717) is 19.4 Å². The van der Waals surface area contributed by atoms with Crippen LogP contribution in [0.3, 0.4) is 0 Å². The molecule has 1 aliphatic heterocycles. The van der Waals surface area contributed by atoms with Crippen LogP contribution in [-0.4, -0.2) is 35.0 Å². The summed E-state index contributed by atoms with van der Waals surface area (Å²) in [6.07, 6.45) is 1.06. The van der Waals surface area contributed by atoms with Gasteiger partial charge in [0.15, 0.2) is 0 Å². The molecule has 0 spiro atoms. The van der Waals surface area contributed by atoms with Gasteiger partial charge in [-0.25, -0.2) is 0 Å². The van der Waals surface area contributed by atoms with Crippen molar-refractivity contribution in [2.45, 2.75) is 18.8 Å². The van der Waals surface area contributed by atoms with Crippen molar-refractivity contribution >= 4 is 22.6 Å². The highest BCUT2D eigenvalue weighted by molar-refractivity contribution is 5.83. The van der Waals surface area contributed by atoms with Crippen LogP contribution in [-0.2, 0) is 16.0 Å². The second-order valence-corrected chi connectivity index (χ2v) is 7.44. The first kappa shape index (κ1) is 18.2. The highest BCUT2D eigenvalue weighted by atomic mass is 16.4. The van der Waals surface area contributed by atoms with E-state index >= 15 is 0 Å². The molecule has 28 heavy (non-hydrogen) atoms. The lowest BCUT2D eigenvalue weighted by molar-refractivity contribution is -0.141. The van der Waals surface area contributed by atoms with Crippen LogP contribution < -0.4 is 0 Å². The van der Waals surface area contributed by atoms with Gasteiger partial charge in [-0.3, -0.25) is 9.59 Å². The van der Waals surface area contributed by atoms with E-state index in [-0.39, 0.29) is 18.4 Å². The predicted molar refractivity (Wildman–Crippen MR) is 109 cm³/mol. The maximum Gasteiger partial charge on any atom is 0.308 e. The van der Waals surface area contributed by atoms with Gasteiger partial charge in [0, 0.05) is 25.4 Å². The fraction of sp³-hybridized carbons (Fsp3) is 0.250. The number of amides is 1. The van der Waals surface area contributed by atoms with E-state index in [4.69, 9.17) is 0 Å². The molecule has 1 aliphatic rings. The Morgan fingerprint density at radius 1 is 0.893 bits per heavy atom. The first-order chi connectivity index (χ1) is 13.6. The second kappa shape index (κ2) is 7.85. The number of aryl methyl sites for hydroxylation is 1. The summed E-state index contributed by atoms with van der Waals surface area (Å²) in [7, 11) is 0. The van der Waals surface area contributed by atoms with Crippen LogP contribution in [0, 0.1) is 5.92 Å². The van der Waals surface area contributed by atoms with E-state index < -0.39 is 11.9 Å². The van der Waals surface area contributed by atoms with Gasteiger partial charge in [0.2, 0.25) is 5.91 Å². The van der Waals surface area contributed by atoms with Crippen molar-refractivity contribution in [3.63, 3.8) is 0 Å². The van der Waals surface area contributed by atoms with Gasteiger partial charge in [-0.1, -0.05) is 72.8 Å². The van der Waals surface area contributed by atoms with Gasteiger partial charge in [-0.05, 0) is 28.3 Å². The number of hydrogen-bond acceptors (Lipinski definition) is 2. The summed E-state index contributed by atoms with van der Waals surface area (Å²) < 4.78 is 0. The number of carbonyl (C=O) groups excluding carboxylic acids is 1. The molecule has 1 amide bonds. The molecule has 3 aromatic carbocycles. The summed E-state index contributed by atoms with van der Waals surface area (Å²) in [5, 5.41) is 12.0. The average Bonchev–Trinajstić information content (AvgIpc) is 3.18. The zero-order valence-electron chi connectivity index (χ0n) is 15.6. The van der Waals surface area contributed by atoms with Gasteiger partial charge in [-0.15, -0.1) is 0 Å². The quantitative estimate of drug-likeness (QED) is 0.733. The summed E-state index contributed by atoms with van der Waals surface area (Å²) in [6, 6.07) is 24.1. The molecular formula is C24H23NO3. The molecule has 2 atom stereocenters. The van der Waals surface area contributed by atoms with Crippen LogP contribution in [0.5, 0.6) is 0 Å². The monoisotopic (exact) mass is 373 g/mol. The van der Waals surface area contributed by atoms with E-state index in [1.165, 1.54) is 10.8 Å². The molecule has 0 saturated carbocycles. The summed E-state index contributed by atoms with van der Waals surface area (Å²) in [4.78, 5) is 26.2. The van der Waals surface area contributed by atoms with Gasteiger partial charge in [0.25, 0.3) is 0 Å². The zero-order valence-corrected chi connectivity index (χ0v) is 15.6. The lowest BCUT2D eigenvalue weighted by Crippen LogP contribution is -2.30. The molecule has 0 unspecified atom stereocenters. The molecule has 4 rings (SSSR count). The molecule has 0 radical (unpaired) electrons. The molecule has 1 N–H and O–H groups in total. The predicted octanol–water partition coefficient (Wildman–Crippen LogP) is 4.10. The van der Waals surface area contributed by atoms with Crippen LogP contribution in [0.2, 0.25) is 0 Å². The minimum Gasteiger partial charge on any atom is -0.481 e. The van der Waals surface area contributed by atoms with Crippen molar-refractivity contribution in [3.8, 4) is 0 Å². The Kier molecular flexibility index (Phi) is 5.11. The van der Waals surface area contributed by atoms with Crippen LogP contribution in [0.15, 0.2) is 72.8 Å². The summed E-state index contributed by atoms with van der Waals surface area (Å²) in [5.74, 6) is -1.51. The normalized spacial score (nSPS) is 19.1. The minimum absolute atomic E-state index is 0.0258. The molecule has 0 bridgehead atoms. The molecule has 4 nitrogen and oxygen atoms in total. The van der Waals surface area contributed by atoms with Gasteiger partial charge < -0.3 is 10.0 Å². The van der Waals surface area contributed by atoms with E-state index in [2.05, 4.69) is 30.3 Å². The molecule has 4 heteroatoms. The maximum atomic E-state index is 12.8. The summed E-state index contributed by atoms with van der Waals surface area (Å²) in [5.41, 5.74) is 2.11. The molecule has 1 heterocycles. The van der Waals surface area contributed by atoms with Crippen molar-refractivity contribution in [2.75, 3.05) is 13.1 Å². The Morgan fingerprint density at radius 2 is 1.61 bits per heavy atom. The molecule has 142 valence electrons. The highest BCUT2D eigenvalue weighted by Gasteiger charge is 2.40. The van der Waals surface area contributed by atoms with Gasteiger partial charge in [0.1, 0.15) is 0 Å². The third-order valence-electron chi connectivity index (χ3n) is 5.66. The topological polar surface area (TPSA) is 57.6 Å². The Hall–Kier alpha value is -3.14. The number of carboxylic acids is 1. The number of aliphatic carboxylic acids is 1. The number of rotatable bonds is 5. The van der Waals surface area contributed by atoms with Crippen LogP contribution in [0.25, 0.3) is 10.8 Å². The molecule has 3 aromatic rings. The standard InChI is InChI=1S/C24H23NO3/c26-23(13-11-17-10-12-18-6-4-5-9-20(18)14-17)25-15-21(22(16-25)24(27)28)19-7-2-1-3-8-19/h1-10,12,14,21-22H,11,13,15-16H2,(H,27,28)/t21-,22-/m1/s1. The van der Waals surface area contributed by atoms with Gasteiger partial charge in [-0.2, -0.15) is 0 Å². The first-order valence-electron chi connectivity index (χ1n) is 9.65. The Balaban J connectivity index is 1.43. The van der Waals surface area contributed by atoms with E-state index in [9.17, 15) is 14.7 Å². The minimum atomic E-state index is -0.835. The third-order valence-corrected chi connectivity index (χ3v) is 5.66. The lowest BCUT2D eigenvalue weighted by Gasteiger charge is -2.16. The fourth-order valence-electron chi connectivity index (χ4n) is 4.10. The van der Waals surface area contributed by atoms with Gasteiger partial charge >= 0.3 is 5.97 Å². The highest BCUT2D eigenvalue weighted by Crippen LogP contribution is 2.33. The number of carbonyl (C=O) groups is 2. The molecule has 0 aromatic heterocycles. The van der Waals surface area contributed by atoms with Crippen LogP contribution in [0.1, 0.15) is 23.5 Å². The average molecular weight is 373 g/mol. The molecule has 1 fully saturated rings. The number of carboxylic acid groups (broad SMARTS) is 1. The fourth-order valence-corrected chi connectivity index (χ4v) is 4.10. The maximum absolute atomic E-state index is 12.8. The number of benzene rings is 3. The van der Waals surface area contributed by atoms with Crippen molar-refractivity contribution < 1.29 is 14.7 Å². The molecule has 1 saturated heterocycles. The third kappa shape index (κ3) is 3.77. The second-order valence-electron chi connectivity index (χ2n) is 7.44. The molecule has 0 aliphatic carbocycles. The number of nitrogens with zero attached hydrogens (tertiary/aromatic N) is 1. The SMILES string of the molecule is O=C(O)[C@@H]1CN(C(=O)CCc2ccc3ccccc3c2)C[C@@H]1c1ccccc1. The summed E-state index contributed by atoms with van der Waals surface area (Å²) in [6.45, 7) is 0.753. The van der Waals surface area contributed by atoms with Gasteiger partial charge in [0.05, 0.1) is 5.92 Å². The van der Waals surface area contributed by atoms with Crippen molar-refractivity contribution in [3.05, 3.63) is 83.9 Å². The Morgan fingerprint density at radius 3 is 2.36 bits per heavy atom. The van der Waals surface area contributed by atoms with Crippen molar-refractivity contribution in [1.82, 2.24) is 4.90 Å². The summed E-state index contributed by atoms with van der Waals surface area (Å²) >= 11 is 0.